The molecule has 1 heterocycles. The van der Waals surface area contributed by atoms with E-state index in [4.69, 9.17) is 0 Å². The summed E-state index contributed by atoms with van der Waals surface area (Å²) >= 11 is 0. The van der Waals surface area contributed by atoms with Crippen molar-refractivity contribution in [1.29, 1.82) is 5.26 Å². The number of rotatable bonds is 1. The maximum Gasteiger partial charge on any atom is 0.0994 e. The summed E-state index contributed by atoms with van der Waals surface area (Å²) in [5.74, 6) is 0. The Morgan fingerprint density at radius 2 is 1.61 bits per heavy atom. The number of fused-ring (bicyclic) bond motifs is 1. The number of hydrogen-bond donors (Lipinski definition) is 0. The number of anilines is 1. The molecule has 0 radical (unpaired) electrons. The van der Waals surface area contributed by atoms with Crippen LogP contribution in [-0.4, -0.2) is 13.1 Å². The lowest BCUT2D eigenvalue weighted by atomic mass is 9.86. The molecule has 0 unspecified atom stereocenters. The second-order valence-corrected chi connectivity index (χ2v) is 5.46. The van der Waals surface area contributed by atoms with Crippen LogP contribution in [0.1, 0.15) is 48.8 Å². The molecule has 0 aromatic heterocycles. The normalized spacial score (nSPS) is 19.2. The van der Waals surface area contributed by atoms with Crippen LogP contribution in [0, 0.1) is 11.3 Å². The monoisotopic (exact) mass is 240 g/mol. The molecule has 0 N–H and O–H groups in total. The molecule has 18 heavy (non-hydrogen) atoms. The Kier molecular flexibility index (Phi) is 3.23. The standard InChI is InChI=1S/C16H20N2/c17-12-13-8-9-16(18-10-4-1-5-11-18)15-7-3-2-6-14(13)15/h8-9H,1-7,10-11H2. The van der Waals surface area contributed by atoms with E-state index in [1.54, 1.807) is 0 Å². The molecule has 0 bridgehead atoms. The van der Waals surface area contributed by atoms with E-state index < -0.39 is 0 Å². The first-order valence-corrected chi connectivity index (χ1v) is 7.20. The highest BCUT2D eigenvalue weighted by Crippen LogP contribution is 2.33. The summed E-state index contributed by atoms with van der Waals surface area (Å²) in [5, 5.41) is 9.23. The molecule has 1 aromatic carbocycles. The van der Waals surface area contributed by atoms with E-state index in [-0.39, 0.29) is 0 Å². The molecule has 0 amide bonds. The van der Waals surface area contributed by atoms with Crippen molar-refractivity contribution in [1.82, 2.24) is 0 Å². The zero-order valence-electron chi connectivity index (χ0n) is 10.9. The second kappa shape index (κ2) is 5.02. The van der Waals surface area contributed by atoms with Crippen molar-refractivity contribution in [2.75, 3.05) is 18.0 Å². The van der Waals surface area contributed by atoms with Crippen molar-refractivity contribution < 1.29 is 0 Å². The fraction of sp³-hybridized carbons (Fsp3) is 0.562. The number of benzene rings is 1. The molecule has 1 saturated heterocycles. The van der Waals surface area contributed by atoms with Gasteiger partial charge in [0, 0.05) is 18.8 Å². The van der Waals surface area contributed by atoms with Gasteiger partial charge >= 0.3 is 0 Å². The Morgan fingerprint density at radius 1 is 0.889 bits per heavy atom. The maximum atomic E-state index is 9.23. The van der Waals surface area contributed by atoms with Crippen LogP contribution in [0.15, 0.2) is 12.1 Å². The molecule has 1 aromatic rings. The summed E-state index contributed by atoms with van der Waals surface area (Å²) in [6.45, 7) is 2.39. The van der Waals surface area contributed by atoms with E-state index in [1.165, 1.54) is 62.0 Å². The summed E-state index contributed by atoms with van der Waals surface area (Å²) in [5.41, 5.74) is 5.14. The molecule has 1 aliphatic carbocycles. The molecule has 2 nitrogen and oxygen atoms in total. The lowest BCUT2D eigenvalue weighted by molar-refractivity contribution is 0.573. The summed E-state index contributed by atoms with van der Waals surface area (Å²) < 4.78 is 0. The SMILES string of the molecule is N#Cc1ccc(N2CCCCC2)c2c1CCCC2. The molecule has 1 aliphatic heterocycles. The van der Waals surface area contributed by atoms with Gasteiger partial charge in [-0.3, -0.25) is 0 Å². The molecule has 2 aliphatic rings. The Bertz CT molecular complexity index is 479. The summed E-state index contributed by atoms with van der Waals surface area (Å²) in [6.07, 6.45) is 8.78. The smallest absolute Gasteiger partial charge is 0.0994 e. The van der Waals surface area contributed by atoms with Gasteiger partial charge in [0.25, 0.3) is 0 Å². The minimum atomic E-state index is 0.908. The van der Waals surface area contributed by atoms with Gasteiger partial charge in [0.2, 0.25) is 0 Å². The van der Waals surface area contributed by atoms with Crippen molar-refractivity contribution in [2.45, 2.75) is 44.9 Å². The van der Waals surface area contributed by atoms with Crippen molar-refractivity contribution in [3.63, 3.8) is 0 Å². The van der Waals surface area contributed by atoms with Crippen molar-refractivity contribution in [2.24, 2.45) is 0 Å². The second-order valence-electron chi connectivity index (χ2n) is 5.46. The number of nitriles is 1. The van der Waals surface area contributed by atoms with Crippen LogP contribution < -0.4 is 4.90 Å². The van der Waals surface area contributed by atoms with Crippen molar-refractivity contribution >= 4 is 5.69 Å². The Balaban J connectivity index is 2.02. The minimum Gasteiger partial charge on any atom is -0.371 e. The van der Waals surface area contributed by atoms with Gasteiger partial charge in [0.15, 0.2) is 0 Å². The highest BCUT2D eigenvalue weighted by Gasteiger charge is 2.21. The molecule has 94 valence electrons. The average molecular weight is 240 g/mol. The minimum absolute atomic E-state index is 0.908. The third kappa shape index (κ3) is 1.99. The molecule has 0 saturated carbocycles. The van der Waals surface area contributed by atoms with Crippen molar-refractivity contribution in [3.05, 3.63) is 28.8 Å². The number of piperidine rings is 1. The molecule has 0 spiro atoms. The van der Waals surface area contributed by atoms with Crippen LogP contribution in [0.4, 0.5) is 5.69 Å². The predicted molar refractivity (Wildman–Crippen MR) is 73.9 cm³/mol. The number of hydrogen-bond acceptors (Lipinski definition) is 2. The van der Waals surface area contributed by atoms with Gasteiger partial charge in [0.05, 0.1) is 11.6 Å². The van der Waals surface area contributed by atoms with Crippen LogP contribution in [0.25, 0.3) is 0 Å². The topological polar surface area (TPSA) is 27.0 Å². The predicted octanol–water partition coefficient (Wildman–Crippen LogP) is 3.43. The quantitative estimate of drug-likeness (QED) is 0.752. The van der Waals surface area contributed by atoms with E-state index in [1.807, 2.05) is 6.07 Å². The van der Waals surface area contributed by atoms with Crippen LogP contribution in [0.2, 0.25) is 0 Å². The van der Waals surface area contributed by atoms with Crippen LogP contribution in [0.5, 0.6) is 0 Å². The molecule has 2 heteroatoms. The van der Waals surface area contributed by atoms with Gasteiger partial charge in [-0.15, -0.1) is 0 Å². The Hall–Kier alpha value is -1.49. The molecule has 3 rings (SSSR count). The van der Waals surface area contributed by atoms with E-state index in [0.29, 0.717) is 0 Å². The first-order chi connectivity index (χ1) is 8.90. The zero-order chi connectivity index (χ0) is 12.4. The highest BCUT2D eigenvalue weighted by atomic mass is 15.1. The fourth-order valence-electron chi connectivity index (χ4n) is 3.38. The lowest BCUT2D eigenvalue weighted by Crippen LogP contribution is -2.31. The summed E-state index contributed by atoms with van der Waals surface area (Å²) in [4.78, 5) is 2.54. The first kappa shape index (κ1) is 11.6. The van der Waals surface area contributed by atoms with E-state index in [2.05, 4.69) is 17.0 Å². The summed E-state index contributed by atoms with van der Waals surface area (Å²) in [6, 6.07) is 6.59. The third-order valence-electron chi connectivity index (χ3n) is 4.33. The largest absolute Gasteiger partial charge is 0.371 e. The van der Waals surface area contributed by atoms with E-state index >= 15 is 0 Å². The Morgan fingerprint density at radius 3 is 2.33 bits per heavy atom. The van der Waals surface area contributed by atoms with Crippen molar-refractivity contribution in [3.8, 4) is 6.07 Å². The number of nitrogens with zero attached hydrogens (tertiary/aromatic N) is 2. The molecule has 1 fully saturated rings. The van der Waals surface area contributed by atoms with Gasteiger partial charge in [-0.2, -0.15) is 5.26 Å². The van der Waals surface area contributed by atoms with Gasteiger partial charge in [-0.05, 0) is 68.2 Å². The fourth-order valence-corrected chi connectivity index (χ4v) is 3.38. The van der Waals surface area contributed by atoms with Gasteiger partial charge in [-0.25, -0.2) is 0 Å². The molecular formula is C16H20N2. The lowest BCUT2D eigenvalue weighted by Gasteiger charge is -2.33. The van der Waals surface area contributed by atoms with Crippen LogP contribution in [-0.2, 0) is 12.8 Å². The maximum absolute atomic E-state index is 9.23. The van der Waals surface area contributed by atoms with E-state index in [9.17, 15) is 5.26 Å². The third-order valence-corrected chi connectivity index (χ3v) is 4.33. The van der Waals surface area contributed by atoms with Crippen LogP contribution in [0.3, 0.4) is 0 Å². The highest BCUT2D eigenvalue weighted by molar-refractivity contribution is 5.62. The van der Waals surface area contributed by atoms with Gasteiger partial charge < -0.3 is 4.90 Å². The zero-order valence-corrected chi connectivity index (χ0v) is 10.9. The molecular weight excluding hydrogens is 220 g/mol. The average Bonchev–Trinajstić information content (AvgIpc) is 2.47. The van der Waals surface area contributed by atoms with E-state index in [0.717, 1.165) is 18.4 Å². The van der Waals surface area contributed by atoms with Gasteiger partial charge in [0.1, 0.15) is 0 Å². The molecule has 0 atom stereocenters. The first-order valence-electron chi connectivity index (χ1n) is 7.20. The van der Waals surface area contributed by atoms with Gasteiger partial charge in [-0.1, -0.05) is 0 Å². The summed E-state index contributed by atoms with van der Waals surface area (Å²) in [7, 11) is 0. The van der Waals surface area contributed by atoms with Crippen LogP contribution >= 0.6 is 0 Å². The Labute approximate surface area is 109 Å².